The Morgan fingerprint density at radius 3 is 2.38 bits per heavy atom. The predicted molar refractivity (Wildman–Crippen MR) is 77.1 cm³/mol. The molecule has 1 unspecified atom stereocenters. The van der Waals surface area contributed by atoms with Crippen LogP contribution in [-0.4, -0.2) is 41.8 Å². The monoisotopic (exact) mass is 290 g/mol. The summed E-state index contributed by atoms with van der Waals surface area (Å²) in [6.07, 6.45) is 0. The van der Waals surface area contributed by atoms with E-state index in [1.807, 2.05) is 12.1 Å². The third-order valence-electron chi connectivity index (χ3n) is 3.36. The molecule has 1 saturated heterocycles. The summed E-state index contributed by atoms with van der Waals surface area (Å²) in [5.41, 5.74) is 7.13. The van der Waals surface area contributed by atoms with Gasteiger partial charge in [-0.1, -0.05) is 12.1 Å². The van der Waals surface area contributed by atoms with Crippen molar-refractivity contribution in [3.8, 4) is 0 Å². The van der Waals surface area contributed by atoms with E-state index in [2.05, 4.69) is 10.6 Å². The molecular formula is C14H18N4O3. The standard InChI is InChI=1S/C14H18N4O3/c1-9(18-7-12(19)17-13(20)8-18)14(21)16-11-4-2-10(6-15)3-5-11/h2-5,9H,6-8,15H2,1H3,(H,16,21)(H,17,19,20). The van der Waals surface area contributed by atoms with Crippen LogP contribution in [0.25, 0.3) is 0 Å². The Morgan fingerprint density at radius 2 is 1.86 bits per heavy atom. The van der Waals surface area contributed by atoms with E-state index < -0.39 is 17.9 Å². The van der Waals surface area contributed by atoms with Gasteiger partial charge in [-0.3, -0.25) is 24.6 Å². The quantitative estimate of drug-likeness (QED) is 0.644. The number of carbonyl (C=O) groups excluding carboxylic acids is 3. The third-order valence-corrected chi connectivity index (χ3v) is 3.36. The van der Waals surface area contributed by atoms with Gasteiger partial charge in [0.05, 0.1) is 19.1 Å². The molecule has 0 spiro atoms. The van der Waals surface area contributed by atoms with Crippen molar-refractivity contribution in [3.05, 3.63) is 29.8 Å². The molecule has 1 aliphatic heterocycles. The van der Waals surface area contributed by atoms with Crippen LogP contribution in [0.5, 0.6) is 0 Å². The molecule has 1 aromatic carbocycles. The number of hydrogen-bond acceptors (Lipinski definition) is 5. The minimum atomic E-state index is -0.575. The lowest BCUT2D eigenvalue weighted by atomic mass is 10.2. The highest BCUT2D eigenvalue weighted by molar-refractivity contribution is 6.01. The Kier molecular flexibility index (Phi) is 4.66. The van der Waals surface area contributed by atoms with Crippen molar-refractivity contribution >= 4 is 23.4 Å². The summed E-state index contributed by atoms with van der Waals surface area (Å²) >= 11 is 0. The summed E-state index contributed by atoms with van der Waals surface area (Å²) in [6.45, 7) is 2.17. The normalized spacial score (nSPS) is 17.2. The van der Waals surface area contributed by atoms with Crippen LogP contribution >= 0.6 is 0 Å². The molecule has 7 nitrogen and oxygen atoms in total. The topological polar surface area (TPSA) is 105 Å². The van der Waals surface area contributed by atoms with E-state index in [-0.39, 0.29) is 19.0 Å². The van der Waals surface area contributed by atoms with Crippen LogP contribution in [0.3, 0.4) is 0 Å². The average Bonchev–Trinajstić information content (AvgIpc) is 2.46. The Balaban J connectivity index is 1.98. The van der Waals surface area contributed by atoms with Gasteiger partial charge in [-0.25, -0.2) is 0 Å². The highest BCUT2D eigenvalue weighted by atomic mass is 16.2. The largest absolute Gasteiger partial charge is 0.326 e. The molecule has 0 aromatic heterocycles. The van der Waals surface area contributed by atoms with Gasteiger partial charge in [0.2, 0.25) is 17.7 Å². The number of anilines is 1. The lowest BCUT2D eigenvalue weighted by molar-refractivity contribution is -0.138. The molecule has 1 atom stereocenters. The van der Waals surface area contributed by atoms with Gasteiger partial charge in [-0.15, -0.1) is 0 Å². The smallest absolute Gasteiger partial charge is 0.241 e. The fourth-order valence-corrected chi connectivity index (χ4v) is 2.07. The van der Waals surface area contributed by atoms with E-state index in [1.165, 1.54) is 4.90 Å². The van der Waals surface area contributed by atoms with E-state index in [4.69, 9.17) is 5.73 Å². The summed E-state index contributed by atoms with van der Waals surface area (Å²) < 4.78 is 0. The van der Waals surface area contributed by atoms with Gasteiger partial charge in [0.25, 0.3) is 0 Å². The van der Waals surface area contributed by atoms with Crippen molar-refractivity contribution in [3.63, 3.8) is 0 Å². The zero-order valence-electron chi connectivity index (χ0n) is 11.8. The summed E-state index contributed by atoms with van der Waals surface area (Å²) in [6, 6.07) is 6.62. The fourth-order valence-electron chi connectivity index (χ4n) is 2.07. The minimum absolute atomic E-state index is 0.0342. The van der Waals surface area contributed by atoms with E-state index in [0.717, 1.165) is 5.56 Å². The van der Waals surface area contributed by atoms with Gasteiger partial charge in [0.1, 0.15) is 0 Å². The maximum atomic E-state index is 12.2. The highest BCUT2D eigenvalue weighted by Gasteiger charge is 2.29. The molecular weight excluding hydrogens is 272 g/mol. The van der Waals surface area contributed by atoms with Crippen LogP contribution in [0.4, 0.5) is 5.69 Å². The van der Waals surface area contributed by atoms with E-state index in [0.29, 0.717) is 12.2 Å². The molecule has 3 amide bonds. The molecule has 1 fully saturated rings. The molecule has 1 aliphatic rings. The zero-order chi connectivity index (χ0) is 15.4. The first-order valence-corrected chi connectivity index (χ1v) is 6.66. The molecule has 21 heavy (non-hydrogen) atoms. The summed E-state index contributed by atoms with van der Waals surface area (Å²) in [5.74, 6) is -1.05. The number of imide groups is 1. The van der Waals surface area contributed by atoms with E-state index >= 15 is 0 Å². The fraction of sp³-hybridized carbons (Fsp3) is 0.357. The van der Waals surface area contributed by atoms with Crippen LogP contribution in [0, 0.1) is 0 Å². The molecule has 0 radical (unpaired) electrons. The molecule has 2 rings (SSSR count). The summed E-state index contributed by atoms with van der Waals surface area (Å²) in [4.78, 5) is 36.3. The molecule has 0 aliphatic carbocycles. The molecule has 1 heterocycles. The van der Waals surface area contributed by atoms with Crippen molar-refractivity contribution in [2.24, 2.45) is 5.73 Å². The van der Waals surface area contributed by atoms with Crippen molar-refractivity contribution in [2.45, 2.75) is 19.5 Å². The SMILES string of the molecule is CC(C(=O)Nc1ccc(CN)cc1)N1CC(=O)NC(=O)C1. The number of rotatable bonds is 4. The van der Waals surface area contributed by atoms with Crippen LogP contribution < -0.4 is 16.4 Å². The average molecular weight is 290 g/mol. The van der Waals surface area contributed by atoms with Crippen molar-refractivity contribution < 1.29 is 14.4 Å². The second-order valence-electron chi connectivity index (χ2n) is 4.94. The highest BCUT2D eigenvalue weighted by Crippen LogP contribution is 2.11. The molecule has 0 saturated carbocycles. The number of amides is 3. The number of carbonyl (C=O) groups is 3. The van der Waals surface area contributed by atoms with Gasteiger partial charge < -0.3 is 11.1 Å². The summed E-state index contributed by atoms with van der Waals surface area (Å²) in [7, 11) is 0. The van der Waals surface area contributed by atoms with Gasteiger partial charge in [-0.2, -0.15) is 0 Å². The lowest BCUT2D eigenvalue weighted by Gasteiger charge is -2.29. The number of benzene rings is 1. The van der Waals surface area contributed by atoms with Gasteiger partial charge in [-0.05, 0) is 24.6 Å². The van der Waals surface area contributed by atoms with Crippen LogP contribution in [-0.2, 0) is 20.9 Å². The van der Waals surface area contributed by atoms with Crippen molar-refractivity contribution in [1.29, 1.82) is 0 Å². The first-order valence-electron chi connectivity index (χ1n) is 6.66. The molecule has 112 valence electrons. The van der Waals surface area contributed by atoms with Crippen molar-refractivity contribution in [2.75, 3.05) is 18.4 Å². The first-order chi connectivity index (χ1) is 9.99. The first kappa shape index (κ1) is 15.1. The number of hydrogen-bond donors (Lipinski definition) is 3. The lowest BCUT2D eigenvalue weighted by Crippen LogP contribution is -2.56. The number of piperazine rings is 1. The number of nitrogens with zero attached hydrogens (tertiary/aromatic N) is 1. The number of nitrogens with one attached hydrogen (secondary N) is 2. The van der Waals surface area contributed by atoms with Crippen LogP contribution in [0.1, 0.15) is 12.5 Å². The predicted octanol–water partition coefficient (Wildman–Crippen LogP) is -0.569. The maximum absolute atomic E-state index is 12.2. The summed E-state index contributed by atoms with van der Waals surface area (Å²) in [5, 5.41) is 4.96. The van der Waals surface area contributed by atoms with Crippen LogP contribution in [0.15, 0.2) is 24.3 Å². The Bertz CT molecular complexity index is 540. The molecule has 0 bridgehead atoms. The zero-order valence-corrected chi connectivity index (χ0v) is 11.8. The molecule has 7 heteroatoms. The molecule has 1 aromatic rings. The van der Waals surface area contributed by atoms with Gasteiger partial charge in [0, 0.05) is 12.2 Å². The van der Waals surface area contributed by atoms with E-state index in [1.54, 1.807) is 19.1 Å². The van der Waals surface area contributed by atoms with Gasteiger partial charge >= 0.3 is 0 Å². The second-order valence-corrected chi connectivity index (χ2v) is 4.94. The Hall–Kier alpha value is -2.25. The Morgan fingerprint density at radius 1 is 1.29 bits per heavy atom. The third kappa shape index (κ3) is 3.87. The van der Waals surface area contributed by atoms with Crippen LogP contribution in [0.2, 0.25) is 0 Å². The number of nitrogens with two attached hydrogens (primary N) is 1. The van der Waals surface area contributed by atoms with E-state index in [9.17, 15) is 14.4 Å². The molecule has 4 N–H and O–H groups in total. The Labute approximate surface area is 122 Å². The minimum Gasteiger partial charge on any atom is -0.326 e. The van der Waals surface area contributed by atoms with Gasteiger partial charge in [0.15, 0.2) is 0 Å². The second kappa shape index (κ2) is 6.47. The maximum Gasteiger partial charge on any atom is 0.241 e. The van der Waals surface area contributed by atoms with Crippen molar-refractivity contribution in [1.82, 2.24) is 10.2 Å².